The van der Waals surface area contributed by atoms with Gasteiger partial charge >= 0.3 is 0 Å². The van der Waals surface area contributed by atoms with Crippen molar-refractivity contribution in [3.8, 4) is 5.75 Å². The summed E-state index contributed by atoms with van der Waals surface area (Å²) in [5, 5.41) is 0. The van der Waals surface area contributed by atoms with Crippen LogP contribution in [0.1, 0.15) is 31.9 Å². The third kappa shape index (κ3) is 3.74. The number of rotatable bonds is 3. The molecule has 4 nitrogen and oxygen atoms in total. The molecule has 0 heterocycles. The van der Waals surface area contributed by atoms with Crippen LogP contribution in [0.3, 0.4) is 0 Å². The van der Waals surface area contributed by atoms with Crippen LogP contribution in [0.2, 0.25) is 0 Å². The highest BCUT2D eigenvalue weighted by molar-refractivity contribution is 5.96. The Labute approximate surface area is 115 Å². The van der Waals surface area contributed by atoms with Gasteiger partial charge in [0, 0.05) is 12.5 Å². The fourth-order valence-corrected chi connectivity index (χ4v) is 1.89. The number of aryl methyl sites for hydroxylation is 1. The van der Waals surface area contributed by atoms with Gasteiger partial charge in [0.2, 0.25) is 5.91 Å². The Morgan fingerprint density at radius 1 is 1.32 bits per heavy atom. The van der Waals surface area contributed by atoms with Gasteiger partial charge in [-0.15, -0.1) is 0 Å². The van der Waals surface area contributed by atoms with Gasteiger partial charge < -0.3 is 10.5 Å². The van der Waals surface area contributed by atoms with Gasteiger partial charge in [0.15, 0.2) is 0 Å². The van der Waals surface area contributed by atoms with E-state index in [1.54, 1.807) is 7.11 Å². The van der Waals surface area contributed by atoms with Gasteiger partial charge in [0.05, 0.1) is 12.8 Å². The van der Waals surface area contributed by atoms with Crippen LogP contribution in [0.25, 0.3) is 0 Å². The van der Waals surface area contributed by atoms with Crippen molar-refractivity contribution >= 4 is 11.6 Å². The molecule has 0 saturated heterocycles. The van der Waals surface area contributed by atoms with Crippen LogP contribution in [0, 0.1) is 13.8 Å². The standard InChI is InChI=1S/C13H18N2O2.C2H6/c1-8-6-7-12(17-5)9(2)13(8)15(10(3)14)11(4)16;1-2/h6-7H,3,14H2,1-2,4-5H3;1-2H3. The van der Waals surface area contributed by atoms with Gasteiger partial charge in [0.25, 0.3) is 0 Å². The Morgan fingerprint density at radius 2 is 1.84 bits per heavy atom. The molecule has 0 aliphatic heterocycles. The minimum atomic E-state index is -0.169. The maximum Gasteiger partial charge on any atom is 0.229 e. The number of hydrogen-bond acceptors (Lipinski definition) is 3. The fourth-order valence-electron chi connectivity index (χ4n) is 1.89. The molecule has 0 fully saturated rings. The van der Waals surface area contributed by atoms with Crippen molar-refractivity contribution in [1.82, 2.24) is 0 Å². The van der Waals surface area contributed by atoms with Crippen LogP contribution in [-0.4, -0.2) is 13.0 Å². The first kappa shape index (κ1) is 17.0. The van der Waals surface area contributed by atoms with Crippen molar-refractivity contribution in [1.29, 1.82) is 0 Å². The van der Waals surface area contributed by atoms with Crippen molar-refractivity contribution in [3.05, 3.63) is 35.7 Å². The summed E-state index contributed by atoms with van der Waals surface area (Å²) in [7, 11) is 1.59. The van der Waals surface area contributed by atoms with Crippen LogP contribution >= 0.6 is 0 Å². The van der Waals surface area contributed by atoms with E-state index in [0.29, 0.717) is 0 Å². The number of nitrogens with two attached hydrogens (primary N) is 1. The molecule has 0 spiro atoms. The van der Waals surface area contributed by atoms with E-state index in [9.17, 15) is 4.79 Å². The van der Waals surface area contributed by atoms with Crippen LogP contribution in [-0.2, 0) is 4.79 Å². The van der Waals surface area contributed by atoms with Gasteiger partial charge in [-0.05, 0) is 25.5 Å². The van der Waals surface area contributed by atoms with Gasteiger partial charge in [-0.3, -0.25) is 9.69 Å². The zero-order chi connectivity index (χ0) is 15.2. The van der Waals surface area contributed by atoms with E-state index in [4.69, 9.17) is 10.5 Å². The number of carbonyl (C=O) groups is 1. The first-order valence-electron chi connectivity index (χ1n) is 6.29. The van der Waals surface area contributed by atoms with E-state index >= 15 is 0 Å². The predicted molar refractivity (Wildman–Crippen MR) is 80.3 cm³/mol. The molecule has 0 radical (unpaired) electrons. The molecule has 0 aromatic heterocycles. The smallest absolute Gasteiger partial charge is 0.229 e. The molecule has 0 saturated carbocycles. The van der Waals surface area contributed by atoms with E-state index in [1.165, 1.54) is 11.8 Å². The number of benzene rings is 1. The number of nitrogens with zero attached hydrogens (tertiary/aromatic N) is 1. The van der Waals surface area contributed by atoms with Crippen LogP contribution in [0.4, 0.5) is 5.69 Å². The van der Waals surface area contributed by atoms with Gasteiger partial charge in [-0.2, -0.15) is 0 Å². The summed E-state index contributed by atoms with van der Waals surface area (Å²) < 4.78 is 5.24. The normalized spacial score (nSPS) is 9.16. The Kier molecular flexibility index (Phi) is 6.69. The molecule has 106 valence electrons. The number of methoxy groups -OCH3 is 1. The number of ether oxygens (including phenoxy) is 1. The third-order valence-corrected chi connectivity index (χ3v) is 2.63. The second-order valence-corrected chi connectivity index (χ2v) is 3.90. The topological polar surface area (TPSA) is 55.6 Å². The molecule has 0 unspecified atom stereocenters. The summed E-state index contributed by atoms with van der Waals surface area (Å²) in [6.45, 7) is 12.9. The molecule has 4 heteroatoms. The molecule has 19 heavy (non-hydrogen) atoms. The molecule has 1 aromatic carbocycles. The maximum atomic E-state index is 11.6. The summed E-state index contributed by atoms with van der Waals surface area (Å²) in [6, 6.07) is 3.76. The largest absolute Gasteiger partial charge is 0.496 e. The van der Waals surface area contributed by atoms with Crippen molar-refractivity contribution in [3.63, 3.8) is 0 Å². The summed E-state index contributed by atoms with van der Waals surface area (Å²) >= 11 is 0. The molecule has 1 amide bonds. The second kappa shape index (κ2) is 7.46. The van der Waals surface area contributed by atoms with Crippen molar-refractivity contribution in [2.24, 2.45) is 5.73 Å². The number of hydrogen-bond donors (Lipinski definition) is 1. The molecule has 1 rings (SSSR count). The third-order valence-electron chi connectivity index (χ3n) is 2.63. The lowest BCUT2D eigenvalue weighted by Gasteiger charge is -2.25. The molecule has 0 bridgehead atoms. The fraction of sp³-hybridized carbons (Fsp3) is 0.400. The minimum Gasteiger partial charge on any atom is -0.496 e. The second-order valence-electron chi connectivity index (χ2n) is 3.90. The lowest BCUT2D eigenvalue weighted by atomic mass is 10.1. The Morgan fingerprint density at radius 3 is 2.21 bits per heavy atom. The zero-order valence-corrected chi connectivity index (χ0v) is 12.7. The Bertz CT molecular complexity index is 453. The van der Waals surface area contributed by atoms with Crippen molar-refractivity contribution in [2.45, 2.75) is 34.6 Å². The van der Waals surface area contributed by atoms with E-state index in [-0.39, 0.29) is 11.7 Å². The molecular formula is C15H24N2O2. The van der Waals surface area contributed by atoms with Crippen LogP contribution in [0.5, 0.6) is 5.75 Å². The molecule has 0 aliphatic carbocycles. The predicted octanol–water partition coefficient (Wildman–Crippen LogP) is 3.12. The highest BCUT2D eigenvalue weighted by Crippen LogP contribution is 2.33. The van der Waals surface area contributed by atoms with Gasteiger partial charge in [-0.1, -0.05) is 26.5 Å². The summed E-state index contributed by atoms with van der Waals surface area (Å²) in [4.78, 5) is 13.0. The summed E-state index contributed by atoms with van der Waals surface area (Å²) in [5.41, 5.74) is 8.23. The van der Waals surface area contributed by atoms with E-state index in [1.807, 2.05) is 39.8 Å². The molecule has 0 atom stereocenters. The van der Waals surface area contributed by atoms with E-state index < -0.39 is 0 Å². The highest BCUT2D eigenvalue weighted by Gasteiger charge is 2.19. The number of carbonyl (C=O) groups excluding carboxylic acids is 1. The zero-order valence-electron chi connectivity index (χ0n) is 12.7. The maximum absolute atomic E-state index is 11.6. The average molecular weight is 264 g/mol. The number of anilines is 1. The van der Waals surface area contributed by atoms with Crippen molar-refractivity contribution < 1.29 is 9.53 Å². The highest BCUT2D eigenvalue weighted by atomic mass is 16.5. The Hall–Kier alpha value is -1.97. The van der Waals surface area contributed by atoms with Gasteiger partial charge in [0.1, 0.15) is 11.6 Å². The van der Waals surface area contributed by atoms with Crippen molar-refractivity contribution in [2.75, 3.05) is 12.0 Å². The first-order valence-corrected chi connectivity index (χ1v) is 6.29. The molecule has 1 aromatic rings. The summed E-state index contributed by atoms with van der Waals surface area (Å²) in [5.74, 6) is 0.756. The molecular weight excluding hydrogens is 240 g/mol. The quantitative estimate of drug-likeness (QED) is 0.912. The Balaban J connectivity index is 0.00000154. The summed E-state index contributed by atoms with van der Waals surface area (Å²) in [6.07, 6.45) is 0. The lowest BCUT2D eigenvalue weighted by Crippen LogP contribution is -2.32. The van der Waals surface area contributed by atoms with Gasteiger partial charge in [-0.25, -0.2) is 0 Å². The van der Waals surface area contributed by atoms with E-state index in [0.717, 1.165) is 22.6 Å². The monoisotopic (exact) mass is 264 g/mol. The minimum absolute atomic E-state index is 0.169. The number of amides is 1. The van der Waals surface area contributed by atoms with Crippen LogP contribution in [0.15, 0.2) is 24.5 Å². The molecule has 2 N–H and O–H groups in total. The van der Waals surface area contributed by atoms with Crippen LogP contribution < -0.4 is 15.4 Å². The first-order chi connectivity index (χ1) is 8.90. The SMILES string of the molecule is C=C(N)N(C(C)=O)c1c(C)ccc(OC)c1C.CC. The molecule has 0 aliphatic rings. The lowest BCUT2D eigenvalue weighted by molar-refractivity contribution is -0.116. The average Bonchev–Trinajstić information content (AvgIpc) is 2.36. The van der Waals surface area contributed by atoms with E-state index in [2.05, 4.69) is 6.58 Å².